The van der Waals surface area contributed by atoms with Crippen molar-refractivity contribution < 1.29 is 28.3 Å². The molecule has 1 saturated heterocycles. The largest absolute Gasteiger partial charge is 0.459 e. The fourth-order valence-electron chi connectivity index (χ4n) is 2.89. The fraction of sp³-hybridized carbons (Fsp3) is 0.450. The quantitative estimate of drug-likeness (QED) is 0.465. The van der Waals surface area contributed by atoms with Gasteiger partial charge in [-0.3, -0.25) is 13.9 Å². The van der Waals surface area contributed by atoms with E-state index in [1.165, 1.54) is 30.7 Å². The Balaban J connectivity index is 0.00000363. The standard InChI is InChI=1S/C19H25N4O7P.CH4/c1-12(13(2)24)22-31(27,30-14-6-4-3-5-7-14)28-11-16-15(25)10-18(29-16)23-9-8-17(20)21-19(23)26;/h3-9,12,15-16,18,25H,10-11H2,1-2H3,(H,22,27)(H2,20,21,26);1H4/t12-,15+,16+,18+,31?;/m0./s1. The smallest absolute Gasteiger partial charge is 0.413 e. The number of ether oxygens (including phenoxy) is 1. The van der Waals surface area contributed by atoms with Crippen LogP contribution < -0.4 is 21.0 Å². The predicted molar refractivity (Wildman–Crippen MR) is 118 cm³/mol. The molecule has 0 radical (unpaired) electrons. The molecule has 32 heavy (non-hydrogen) atoms. The van der Waals surface area contributed by atoms with Gasteiger partial charge in [-0.2, -0.15) is 4.98 Å². The van der Waals surface area contributed by atoms with Gasteiger partial charge in [-0.25, -0.2) is 14.4 Å². The minimum Gasteiger partial charge on any atom is -0.413 e. The van der Waals surface area contributed by atoms with Crippen molar-refractivity contribution in [1.29, 1.82) is 0 Å². The lowest BCUT2D eigenvalue weighted by atomic mass is 10.2. The third kappa shape index (κ3) is 6.47. The van der Waals surface area contributed by atoms with Crippen LogP contribution in [-0.2, 0) is 18.6 Å². The normalized spacial score (nSPS) is 23.0. The van der Waals surface area contributed by atoms with E-state index in [0.717, 1.165) is 0 Å². The minimum atomic E-state index is -4.00. The highest BCUT2D eigenvalue weighted by molar-refractivity contribution is 7.52. The molecule has 11 nitrogen and oxygen atoms in total. The number of ketones is 1. The number of nitrogens with two attached hydrogens (primary N) is 1. The second kappa shape index (κ2) is 10.8. The van der Waals surface area contributed by atoms with Gasteiger partial charge in [0.25, 0.3) is 0 Å². The topological polar surface area (TPSA) is 155 Å². The highest BCUT2D eigenvalue weighted by Gasteiger charge is 2.39. The zero-order valence-corrected chi connectivity index (χ0v) is 18.0. The number of aliphatic hydroxyl groups excluding tert-OH is 1. The highest BCUT2D eigenvalue weighted by atomic mass is 31.2. The van der Waals surface area contributed by atoms with E-state index < -0.39 is 37.9 Å². The summed E-state index contributed by atoms with van der Waals surface area (Å²) >= 11 is 0. The molecule has 1 aromatic carbocycles. The predicted octanol–water partition coefficient (Wildman–Crippen LogP) is 1.88. The lowest BCUT2D eigenvalue weighted by molar-refractivity contribution is -0.118. The molecule has 176 valence electrons. The van der Waals surface area contributed by atoms with E-state index in [2.05, 4.69) is 10.1 Å². The number of nitrogen functional groups attached to an aromatic ring is 1. The van der Waals surface area contributed by atoms with Gasteiger partial charge in [-0.15, -0.1) is 0 Å². The first-order valence-electron chi connectivity index (χ1n) is 9.62. The molecule has 1 unspecified atom stereocenters. The lowest BCUT2D eigenvalue weighted by Crippen LogP contribution is -2.34. The van der Waals surface area contributed by atoms with Crippen LogP contribution in [0.4, 0.5) is 5.82 Å². The number of anilines is 1. The third-order valence-corrected chi connectivity index (χ3v) is 6.35. The maximum absolute atomic E-state index is 13.3. The van der Waals surface area contributed by atoms with Crippen molar-refractivity contribution in [3.8, 4) is 5.75 Å². The van der Waals surface area contributed by atoms with Crippen molar-refractivity contribution in [2.45, 2.75) is 52.2 Å². The highest BCUT2D eigenvalue weighted by Crippen LogP contribution is 2.45. The molecule has 1 fully saturated rings. The fourth-order valence-corrected chi connectivity index (χ4v) is 4.47. The number of hydrogen-bond acceptors (Lipinski definition) is 9. The van der Waals surface area contributed by atoms with Gasteiger partial charge in [0, 0.05) is 12.6 Å². The number of nitrogens with one attached hydrogen (secondary N) is 1. The number of nitrogens with zero attached hydrogens (tertiary/aromatic N) is 2. The van der Waals surface area contributed by atoms with Gasteiger partial charge in [-0.1, -0.05) is 25.6 Å². The summed E-state index contributed by atoms with van der Waals surface area (Å²) in [4.78, 5) is 27.3. The molecule has 5 atom stereocenters. The number of aliphatic hydroxyl groups is 1. The van der Waals surface area contributed by atoms with Crippen molar-refractivity contribution in [2.24, 2.45) is 0 Å². The van der Waals surface area contributed by atoms with Gasteiger partial charge in [0.2, 0.25) is 0 Å². The molecule has 3 rings (SSSR count). The second-order valence-corrected chi connectivity index (χ2v) is 8.83. The third-order valence-electron chi connectivity index (χ3n) is 4.71. The van der Waals surface area contributed by atoms with E-state index in [4.69, 9.17) is 19.5 Å². The van der Waals surface area contributed by atoms with Crippen LogP contribution in [0, 0.1) is 0 Å². The van der Waals surface area contributed by atoms with Gasteiger partial charge in [0.05, 0.1) is 18.8 Å². The number of Topliss-reactive ketones (excluding diaryl/α,β-unsaturated/α-hetero) is 1. The van der Waals surface area contributed by atoms with Crippen LogP contribution in [-0.4, -0.2) is 45.3 Å². The minimum absolute atomic E-state index is 0. The molecular weight excluding hydrogens is 439 g/mol. The molecule has 2 heterocycles. The summed E-state index contributed by atoms with van der Waals surface area (Å²) < 4.78 is 31.2. The molecule has 1 aliphatic heterocycles. The van der Waals surface area contributed by atoms with Crippen LogP contribution in [0.15, 0.2) is 47.4 Å². The average molecular weight is 468 g/mol. The number of hydrogen-bond donors (Lipinski definition) is 3. The van der Waals surface area contributed by atoms with Gasteiger partial charge in [-0.05, 0) is 32.0 Å². The number of para-hydroxylation sites is 1. The Hall–Kier alpha value is -2.56. The van der Waals surface area contributed by atoms with Gasteiger partial charge in [0.1, 0.15) is 29.7 Å². The summed E-state index contributed by atoms with van der Waals surface area (Å²) in [5.41, 5.74) is 4.87. The molecule has 0 bridgehead atoms. The lowest BCUT2D eigenvalue weighted by Gasteiger charge is -2.24. The molecule has 0 amide bonds. The molecule has 1 aromatic heterocycles. The van der Waals surface area contributed by atoms with Crippen LogP contribution in [0.3, 0.4) is 0 Å². The molecule has 0 spiro atoms. The Labute approximate surface area is 186 Å². The molecule has 4 N–H and O–H groups in total. The summed E-state index contributed by atoms with van der Waals surface area (Å²) in [6.45, 7) is 2.57. The van der Waals surface area contributed by atoms with Crippen molar-refractivity contribution >= 4 is 19.3 Å². The van der Waals surface area contributed by atoms with E-state index in [-0.39, 0.29) is 37.8 Å². The van der Waals surface area contributed by atoms with E-state index in [1.54, 1.807) is 30.3 Å². The van der Waals surface area contributed by atoms with Crippen molar-refractivity contribution in [3.63, 3.8) is 0 Å². The van der Waals surface area contributed by atoms with Gasteiger partial charge in [0.15, 0.2) is 0 Å². The van der Waals surface area contributed by atoms with E-state index >= 15 is 0 Å². The summed E-state index contributed by atoms with van der Waals surface area (Å²) in [5, 5.41) is 12.9. The number of carbonyl (C=O) groups excluding carboxylic acids is 1. The molecule has 0 aliphatic carbocycles. The first-order valence-corrected chi connectivity index (χ1v) is 11.2. The monoisotopic (exact) mass is 468 g/mol. The van der Waals surface area contributed by atoms with Crippen LogP contribution >= 0.6 is 7.75 Å². The number of aromatic nitrogens is 2. The summed E-state index contributed by atoms with van der Waals surface area (Å²) in [5.74, 6) is 0.0941. The summed E-state index contributed by atoms with van der Waals surface area (Å²) in [6.07, 6.45) is -1.16. The van der Waals surface area contributed by atoms with E-state index in [1.807, 2.05) is 0 Å². The Morgan fingerprint density at radius 3 is 2.72 bits per heavy atom. The van der Waals surface area contributed by atoms with Gasteiger partial charge >= 0.3 is 13.4 Å². The number of rotatable bonds is 9. The number of benzene rings is 1. The summed E-state index contributed by atoms with van der Waals surface area (Å²) in [7, 11) is -4.00. The Bertz CT molecular complexity index is 1020. The molecule has 1 aliphatic rings. The zero-order valence-electron chi connectivity index (χ0n) is 17.1. The molecular formula is C20H29N4O7P. The van der Waals surface area contributed by atoms with Crippen molar-refractivity contribution in [1.82, 2.24) is 14.6 Å². The number of carbonyl (C=O) groups is 1. The SMILES string of the molecule is C.CC(=O)[C@H](C)NP(=O)(OC[C@H]1O[C@@H](n2ccc(N)nc2=O)C[C@H]1O)Oc1ccccc1. The van der Waals surface area contributed by atoms with Gasteiger partial charge < -0.3 is 20.1 Å². The first kappa shape index (κ1) is 25.7. The van der Waals surface area contributed by atoms with Crippen LogP contribution in [0.1, 0.15) is 33.9 Å². The maximum atomic E-state index is 13.3. The zero-order chi connectivity index (χ0) is 22.6. The van der Waals surface area contributed by atoms with Crippen molar-refractivity contribution in [2.75, 3.05) is 12.3 Å². The average Bonchev–Trinajstić information content (AvgIpc) is 3.07. The van der Waals surface area contributed by atoms with Crippen LogP contribution in [0.5, 0.6) is 5.75 Å². The van der Waals surface area contributed by atoms with Crippen LogP contribution in [0.2, 0.25) is 0 Å². The maximum Gasteiger partial charge on any atom is 0.459 e. The Kier molecular flexibility index (Phi) is 8.71. The van der Waals surface area contributed by atoms with E-state index in [9.17, 15) is 19.3 Å². The van der Waals surface area contributed by atoms with Crippen molar-refractivity contribution in [3.05, 3.63) is 53.1 Å². The van der Waals surface area contributed by atoms with Crippen LogP contribution in [0.25, 0.3) is 0 Å². The Morgan fingerprint density at radius 2 is 2.09 bits per heavy atom. The second-order valence-electron chi connectivity index (χ2n) is 7.13. The molecule has 12 heteroatoms. The molecule has 2 aromatic rings. The summed E-state index contributed by atoms with van der Waals surface area (Å²) in [6, 6.07) is 8.98. The Morgan fingerprint density at radius 1 is 1.41 bits per heavy atom. The molecule has 0 saturated carbocycles. The van der Waals surface area contributed by atoms with E-state index in [0.29, 0.717) is 0 Å². The first-order chi connectivity index (χ1) is 14.7.